The van der Waals surface area contributed by atoms with Crippen LogP contribution in [0.1, 0.15) is 40.4 Å². The van der Waals surface area contributed by atoms with Gasteiger partial charge >= 0.3 is 0 Å². The molecule has 1 atom stereocenters. The predicted octanol–water partition coefficient (Wildman–Crippen LogP) is 1.29. The summed E-state index contributed by atoms with van der Waals surface area (Å²) in [4.78, 5) is 27.0. The maximum absolute atomic E-state index is 13.1. The Bertz CT molecular complexity index is 844. The van der Waals surface area contributed by atoms with Gasteiger partial charge in [0.15, 0.2) is 5.69 Å². The first-order valence-corrected chi connectivity index (χ1v) is 9.33. The van der Waals surface area contributed by atoms with Gasteiger partial charge in [0.1, 0.15) is 11.4 Å². The molecule has 0 saturated carbocycles. The maximum Gasteiger partial charge on any atom is 0.274 e. The summed E-state index contributed by atoms with van der Waals surface area (Å²) in [5.74, 6) is 0.446. The van der Waals surface area contributed by atoms with Gasteiger partial charge in [-0.2, -0.15) is 5.10 Å². The minimum Gasteiger partial charge on any atom is -0.497 e. The van der Waals surface area contributed by atoms with Crippen molar-refractivity contribution in [2.75, 3.05) is 20.2 Å². The van der Waals surface area contributed by atoms with Crippen LogP contribution >= 0.6 is 0 Å². The van der Waals surface area contributed by atoms with Crippen LogP contribution in [0.4, 0.5) is 0 Å². The van der Waals surface area contributed by atoms with E-state index < -0.39 is 6.10 Å². The zero-order valence-corrected chi connectivity index (χ0v) is 16.4. The normalized spacial score (nSPS) is 16.3. The molecule has 3 rings (SSSR count). The first-order valence-electron chi connectivity index (χ1n) is 9.33. The summed E-state index contributed by atoms with van der Waals surface area (Å²) in [6.07, 6.45) is -0.737. The van der Waals surface area contributed by atoms with Crippen LogP contribution in [0, 0.1) is 5.92 Å². The number of ether oxygens (including phenoxy) is 1. The second-order valence-electron chi connectivity index (χ2n) is 7.39. The van der Waals surface area contributed by atoms with Crippen molar-refractivity contribution in [2.24, 2.45) is 5.92 Å². The van der Waals surface area contributed by atoms with Crippen molar-refractivity contribution in [3.05, 3.63) is 47.3 Å². The average molecular weight is 386 g/mol. The number of hydrogen-bond acceptors (Lipinski definition) is 5. The Balaban J connectivity index is 1.84. The van der Waals surface area contributed by atoms with Gasteiger partial charge in [-0.05, 0) is 23.6 Å². The van der Waals surface area contributed by atoms with E-state index >= 15 is 0 Å². The van der Waals surface area contributed by atoms with Crippen LogP contribution in [-0.4, -0.2) is 57.9 Å². The first kappa shape index (κ1) is 19.9. The molecule has 0 spiro atoms. The fraction of sp³-hybridized carbons (Fsp3) is 0.450. The molecule has 1 aliphatic heterocycles. The molecule has 0 aliphatic carbocycles. The van der Waals surface area contributed by atoms with E-state index in [1.165, 1.54) is 10.7 Å². The number of nitrogens with one attached hydrogen (secondary N) is 1. The van der Waals surface area contributed by atoms with Gasteiger partial charge in [-0.3, -0.25) is 14.3 Å². The molecule has 2 N–H and O–H groups in total. The molecule has 0 radical (unpaired) electrons. The fourth-order valence-electron chi connectivity index (χ4n) is 3.18. The number of aliphatic hydroxyl groups excluding tert-OH is 1. The molecule has 150 valence electrons. The summed E-state index contributed by atoms with van der Waals surface area (Å²) < 4.78 is 6.58. The standard InChI is InChI=1S/C20H26N4O4/c1-13(2)10-23(11-14-4-6-16(28-3)7-5-14)20(27)17-8-18-19(26)21-9-15(25)12-24(18)22-17/h4-8,13,15,25H,9-12H2,1-3H3,(H,21,26)/t15-/m1/s1. The number of nitrogens with zero attached hydrogens (tertiary/aromatic N) is 3. The van der Waals surface area contributed by atoms with Crippen LogP contribution < -0.4 is 10.1 Å². The molecular weight excluding hydrogens is 360 g/mol. The van der Waals surface area contributed by atoms with E-state index in [0.29, 0.717) is 13.1 Å². The molecule has 2 aromatic rings. The molecule has 1 aromatic heterocycles. The van der Waals surface area contributed by atoms with Crippen LogP contribution in [0.25, 0.3) is 0 Å². The Kier molecular flexibility index (Phi) is 5.99. The number of carbonyl (C=O) groups is 2. The number of amides is 2. The first-order chi connectivity index (χ1) is 13.4. The summed E-state index contributed by atoms with van der Waals surface area (Å²) in [6, 6.07) is 9.06. The Hall–Kier alpha value is -2.87. The fourth-order valence-corrected chi connectivity index (χ4v) is 3.18. The molecule has 0 bridgehead atoms. The Morgan fingerprint density at radius 2 is 2.11 bits per heavy atom. The quantitative estimate of drug-likeness (QED) is 0.780. The largest absolute Gasteiger partial charge is 0.497 e. The lowest BCUT2D eigenvalue weighted by atomic mass is 10.1. The third-order valence-corrected chi connectivity index (χ3v) is 4.52. The lowest BCUT2D eigenvalue weighted by Crippen LogP contribution is -2.34. The van der Waals surface area contributed by atoms with E-state index in [0.717, 1.165) is 11.3 Å². The lowest BCUT2D eigenvalue weighted by Gasteiger charge is -2.24. The number of methoxy groups -OCH3 is 1. The molecule has 0 unspecified atom stereocenters. The van der Waals surface area contributed by atoms with E-state index in [1.54, 1.807) is 12.0 Å². The van der Waals surface area contributed by atoms with Crippen molar-refractivity contribution in [1.82, 2.24) is 20.0 Å². The summed E-state index contributed by atoms with van der Waals surface area (Å²) in [5, 5.41) is 16.8. The minimum absolute atomic E-state index is 0.169. The number of β-amino-alcohol motifs (C(OH)–C–C–N with tert-alkyl or cyclic N) is 1. The molecular formula is C20H26N4O4. The van der Waals surface area contributed by atoms with Crippen molar-refractivity contribution in [2.45, 2.75) is 33.0 Å². The van der Waals surface area contributed by atoms with Gasteiger partial charge in [0, 0.05) is 25.7 Å². The van der Waals surface area contributed by atoms with Crippen molar-refractivity contribution in [1.29, 1.82) is 0 Å². The predicted molar refractivity (Wildman–Crippen MR) is 103 cm³/mol. The number of benzene rings is 1. The van der Waals surface area contributed by atoms with Gasteiger partial charge in [0.05, 0.1) is 19.8 Å². The number of rotatable bonds is 6. The van der Waals surface area contributed by atoms with Crippen LogP contribution in [0.2, 0.25) is 0 Å². The minimum atomic E-state index is -0.737. The van der Waals surface area contributed by atoms with Crippen LogP contribution in [-0.2, 0) is 13.1 Å². The van der Waals surface area contributed by atoms with Gasteiger partial charge in [0.25, 0.3) is 11.8 Å². The number of fused-ring (bicyclic) bond motifs is 1. The van der Waals surface area contributed by atoms with Crippen LogP contribution in [0.5, 0.6) is 5.75 Å². The highest BCUT2D eigenvalue weighted by molar-refractivity contribution is 5.98. The molecule has 8 heteroatoms. The third kappa shape index (κ3) is 4.51. The smallest absolute Gasteiger partial charge is 0.274 e. The molecule has 2 amide bonds. The average Bonchev–Trinajstić information content (AvgIpc) is 3.03. The lowest BCUT2D eigenvalue weighted by molar-refractivity contribution is 0.0714. The van der Waals surface area contributed by atoms with Gasteiger partial charge in [-0.1, -0.05) is 26.0 Å². The molecule has 28 heavy (non-hydrogen) atoms. The summed E-state index contributed by atoms with van der Waals surface area (Å²) >= 11 is 0. The van der Waals surface area contributed by atoms with Crippen molar-refractivity contribution in [3.63, 3.8) is 0 Å². The van der Waals surface area contributed by atoms with Gasteiger partial charge in [0.2, 0.25) is 0 Å². The number of aromatic nitrogens is 2. The zero-order valence-electron chi connectivity index (χ0n) is 16.4. The SMILES string of the molecule is COc1ccc(CN(CC(C)C)C(=O)c2cc3n(n2)C[C@H](O)CNC3=O)cc1. The molecule has 1 aromatic carbocycles. The summed E-state index contributed by atoms with van der Waals surface area (Å²) in [6.45, 7) is 5.41. The second kappa shape index (κ2) is 8.43. The second-order valence-corrected chi connectivity index (χ2v) is 7.39. The van der Waals surface area contributed by atoms with E-state index in [-0.39, 0.29) is 42.2 Å². The summed E-state index contributed by atoms with van der Waals surface area (Å²) in [7, 11) is 1.61. The third-order valence-electron chi connectivity index (χ3n) is 4.52. The number of carbonyl (C=O) groups excluding carboxylic acids is 2. The molecule has 1 aliphatic rings. The van der Waals surface area contributed by atoms with E-state index in [4.69, 9.17) is 4.74 Å². The Morgan fingerprint density at radius 3 is 2.75 bits per heavy atom. The summed E-state index contributed by atoms with van der Waals surface area (Å²) in [5.41, 5.74) is 1.46. The van der Waals surface area contributed by atoms with Crippen molar-refractivity contribution < 1.29 is 19.4 Å². The van der Waals surface area contributed by atoms with E-state index in [1.807, 2.05) is 38.1 Å². The highest BCUT2D eigenvalue weighted by Gasteiger charge is 2.26. The van der Waals surface area contributed by atoms with Crippen molar-refractivity contribution >= 4 is 11.8 Å². The van der Waals surface area contributed by atoms with Crippen LogP contribution in [0.15, 0.2) is 30.3 Å². The highest BCUT2D eigenvalue weighted by Crippen LogP contribution is 2.17. The number of aliphatic hydroxyl groups is 1. The zero-order chi connectivity index (χ0) is 20.3. The molecule has 2 heterocycles. The van der Waals surface area contributed by atoms with Gasteiger partial charge in [-0.25, -0.2) is 0 Å². The Morgan fingerprint density at radius 1 is 1.39 bits per heavy atom. The Labute approximate surface area is 164 Å². The van der Waals surface area contributed by atoms with E-state index in [2.05, 4.69) is 10.4 Å². The molecule has 0 saturated heterocycles. The topological polar surface area (TPSA) is 96.7 Å². The molecule has 8 nitrogen and oxygen atoms in total. The molecule has 0 fully saturated rings. The highest BCUT2D eigenvalue weighted by atomic mass is 16.5. The monoisotopic (exact) mass is 386 g/mol. The van der Waals surface area contributed by atoms with Crippen LogP contribution in [0.3, 0.4) is 0 Å². The van der Waals surface area contributed by atoms with E-state index in [9.17, 15) is 14.7 Å². The van der Waals surface area contributed by atoms with Gasteiger partial charge in [-0.15, -0.1) is 0 Å². The number of hydrogen-bond donors (Lipinski definition) is 2. The van der Waals surface area contributed by atoms with Gasteiger partial charge < -0.3 is 20.1 Å². The maximum atomic E-state index is 13.1. The van der Waals surface area contributed by atoms with Crippen molar-refractivity contribution in [3.8, 4) is 5.75 Å².